The summed E-state index contributed by atoms with van der Waals surface area (Å²) in [4.78, 5) is 43.0. The molecule has 1 N–H and O–H groups in total. The van der Waals surface area contributed by atoms with Crippen molar-refractivity contribution in [3.8, 4) is 0 Å². The van der Waals surface area contributed by atoms with E-state index in [0.717, 1.165) is 0 Å². The van der Waals surface area contributed by atoms with Crippen LogP contribution in [0.15, 0.2) is 24.3 Å². The second-order valence-electron chi connectivity index (χ2n) is 6.89. The Labute approximate surface area is 181 Å². The zero-order chi connectivity index (χ0) is 22.4. The number of aryl methyl sites for hydroxylation is 1. The molecule has 2 rings (SSSR count). The normalized spacial score (nSPS) is 11.8. The Morgan fingerprint density at radius 3 is 2.53 bits per heavy atom. The van der Waals surface area contributed by atoms with E-state index >= 15 is 0 Å². The fourth-order valence-corrected chi connectivity index (χ4v) is 3.52. The first-order valence-corrected chi connectivity index (χ1v) is 10.1. The molecule has 2 aromatic rings. The number of aromatic amines is 1. The Morgan fingerprint density at radius 1 is 1.23 bits per heavy atom. The van der Waals surface area contributed by atoms with E-state index in [1.165, 1.54) is 12.0 Å². The van der Waals surface area contributed by atoms with E-state index in [9.17, 15) is 14.4 Å². The van der Waals surface area contributed by atoms with Gasteiger partial charge in [0.15, 0.2) is 5.78 Å². The number of aromatic nitrogens is 1. The van der Waals surface area contributed by atoms with Crippen LogP contribution in [0.25, 0.3) is 0 Å². The average molecular weight is 435 g/mol. The first kappa shape index (κ1) is 23.6. The molecule has 0 fully saturated rings. The summed E-state index contributed by atoms with van der Waals surface area (Å²) < 4.78 is 10.2. The van der Waals surface area contributed by atoms with Crippen LogP contribution < -0.4 is 0 Å². The number of methoxy groups -OCH3 is 1. The number of Topliss-reactive ketones (excluding diaryl/α,β-unsaturated/α-hetero) is 1. The van der Waals surface area contributed by atoms with Crippen LogP contribution in [0.2, 0.25) is 5.02 Å². The topological polar surface area (TPSA) is 88.7 Å². The molecule has 0 spiro atoms. The molecule has 0 saturated carbocycles. The number of esters is 1. The number of carbonyl (C=O) groups is 3. The van der Waals surface area contributed by atoms with Gasteiger partial charge in [0.1, 0.15) is 5.69 Å². The van der Waals surface area contributed by atoms with Crippen LogP contribution in [-0.2, 0) is 9.47 Å². The molecule has 0 saturated heterocycles. The summed E-state index contributed by atoms with van der Waals surface area (Å²) in [5, 5.41) is 0.433. The number of hydrogen-bond donors (Lipinski definition) is 1. The number of ketones is 1. The lowest BCUT2D eigenvalue weighted by Gasteiger charge is -2.28. The van der Waals surface area contributed by atoms with E-state index in [1.54, 1.807) is 52.0 Å². The average Bonchev–Trinajstić information content (AvgIpc) is 3.01. The lowest BCUT2D eigenvalue weighted by molar-refractivity contribution is 0.0518. The van der Waals surface area contributed by atoms with Crippen molar-refractivity contribution in [1.82, 2.24) is 9.88 Å². The molecule has 1 aromatic heterocycles. The monoisotopic (exact) mass is 434 g/mol. The highest BCUT2D eigenvalue weighted by Crippen LogP contribution is 2.23. The van der Waals surface area contributed by atoms with Crippen LogP contribution in [0.1, 0.15) is 56.3 Å². The van der Waals surface area contributed by atoms with E-state index in [0.29, 0.717) is 27.4 Å². The highest BCUT2D eigenvalue weighted by Gasteiger charge is 2.31. The fourth-order valence-electron chi connectivity index (χ4n) is 3.33. The first-order chi connectivity index (χ1) is 14.2. The predicted octanol–water partition coefficient (Wildman–Crippen LogP) is 3.82. The quantitative estimate of drug-likeness (QED) is 0.478. The molecular formula is C22H27ClN2O5. The third-order valence-electron chi connectivity index (χ3n) is 4.88. The van der Waals surface area contributed by atoms with Crippen molar-refractivity contribution in [2.24, 2.45) is 0 Å². The Kier molecular flexibility index (Phi) is 8.20. The molecule has 1 amide bonds. The minimum Gasteiger partial charge on any atom is -0.461 e. The number of nitrogens with one attached hydrogen (secondary N) is 1. The Hall–Kier alpha value is -2.64. The molecule has 0 bridgehead atoms. The van der Waals surface area contributed by atoms with Gasteiger partial charge < -0.3 is 19.4 Å². The number of halogens is 1. The highest BCUT2D eigenvalue weighted by molar-refractivity contribution is 6.31. The van der Waals surface area contributed by atoms with Crippen molar-refractivity contribution < 1.29 is 23.9 Å². The van der Waals surface area contributed by atoms with Gasteiger partial charge in [0, 0.05) is 35.5 Å². The summed E-state index contributed by atoms with van der Waals surface area (Å²) in [7, 11) is 1.53. The molecule has 1 heterocycles. The number of nitrogens with zero attached hydrogens (tertiary/aromatic N) is 1. The maximum atomic E-state index is 13.4. The zero-order valence-electron chi connectivity index (χ0n) is 17.9. The van der Waals surface area contributed by atoms with Crippen molar-refractivity contribution in [3.63, 3.8) is 0 Å². The van der Waals surface area contributed by atoms with E-state index in [2.05, 4.69) is 4.98 Å². The largest absolute Gasteiger partial charge is 0.461 e. The minimum atomic E-state index is -0.783. The predicted molar refractivity (Wildman–Crippen MR) is 114 cm³/mol. The van der Waals surface area contributed by atoms with Gasteiger partial charge in [-0.1, -0.05) is 17.7 Å². The van der Waals surface area contributed by atoms with Crippen LogP contribution in [0.3, 0.4) is 0 Å². The molecule has 30 heavy (non-hydrogen) atoms. The Bertz CT molecular complexity index is 938. The maximum Gasteiger partial charge on any atom is 0.355 e. The standard InChI is InChI=1S/C22H27ClN2O5/c1-6-30-22(28)19-13(2)18(14(3)24-19)20(26)15(4)25(10-11-29-5)21(27)16-8-7-9-17(23)12-16/h7-9,12,15,24H,6,10-11H2,1-5H3. The van der Waals surface area contributed by atoms with Crippen molar-refractivity contribution in [2.75, 3.05) is 26.9 Å². The number of rotatable bonds is 9. The van der Waals surface area contributed by atoms with Crippen LogP contribution in [0.4, 0.5) is 0 Å². The van der Waals surface area contributed by atoms with Gasteiger partial charge in [-0.15, -0.1) is 0 Å². The molecular weight excluding hydrogens is 408 g/mol. The number of carbonyl (C=O) groups excluding carboxylic acids is 3. The van der Waals surface area contributed by atoms with E-state index in [4.69, 9.17) is 21.1 Å². The van der Waals surface area contributed by atoms with Gasteiger partial charge in [-0.3, -0.25) is 9.59 Å². The second-order valence-corrected chi connectivity index (χ2v) is 7.32. The summed E-state index contributed by atoms with van der Waals surface area (Å²) in [5.41, 5.74) is 2.06. The van der Waals surface area contributed by atoms with E-state index < -0.39 is 12.0 Å². The molecule has 1 atom stereocenters. The Balaban J connectivity index is 2.38. The third-order valence-corrected chi connectivity index (χ3v) is 5.11. The van der Waals surface area contributed by atoms with Crippen molar-refractivity contribution in [1.29, 1.82) is 0 Å². The molecule has 8 heteroatoms. The van der Waals surface area contributed by atoms with E-state index in [-0.39, 0.29) is 37.1 Å². The summed E-state index contributed by atoms with van der Waals surface area (Å²) in [6, 6.07) is 5.79. The molecule has 162 valence electrons. The highest BCUT2D eigenvalue weighted by atomic mass is 35.5. The van der Waals surface area contributed by atoms with Crippen LogP contribution in [0, 0.1) is 13.8 Å². The van der Waals surface area contributed by atoms with Gasteiger partial charge >= 0.3 is 5.97 Å². The van der Waals surface area contributed by atoms with Gasteiger partial charge in [0.25, 0.3) is 5.91 Å². The summed E-state index contributed by atoms with van der Waals surface area (Å²) in [6.45, 7) is 7.50. The molecule has 0 aliphatic carbocycles. The number of amides is 1. The van der Waals surface area contributed by atoms with Gasteiger partial charge in [0.2, 0.25) is 0 Å². The van der Waals surface area contributed by atoms with Gasteiger partial charge in [-0.25, -0.2) is 4.79 Å². The summed E-state index contributed by atoms with van der Waals surface area (Å²) in [5.74, 6) is -1.12. The molecule has 0 aliphatic rings. The maximum absolute atomic E-state index is 13.4. The Morgan fingerprint density at radius 2 is 1.93 bits per heavy atom. The summed E-state index contributed by atoms with van der Waals surface area (Å²) >= 11 is 6.03. The lowest BCUT2D eigenvalue weighted by Crippen LogP contribution is -2.45. The lowest BCUT2D eigenvalue weighted by atomic mass is 9.99. The third kappa shape index (κ3) is 5.09. The van der Waals surface area contributed by atoms with Crippen LogP contribution in [0.5, 0.6) is 0 Å². The first-order valence-electron chi connectivity index (χ1n) is 9.68. The van der Waals surface area contributed by atoms with Crippen LogP contribution in [-0.4, -0.2) is 60.5 Å². The minimum absolute atomic E-state index is 0.224. The van der Waals surface area contributed by atoms with Gasteiger partial charge in [-0.2, -0.15) is 0 Å². The molecule has 0 radical (unpaired) electrons. The molecule has 0 aliphatic heterocycles. The van der Waals surface area contributed by atoms with Crippen molar-refractivity contribution in [2.45, 2.75) is 33.7 Å². The number of ether oxygens (including phenoxy) is 2. The number of H-pyrrole nitrogens is 1. The summed E-state index contributed by atoms with van der Waals surface area (Å²) in [6.07, 6.45) is 0. The van der Waals surface area contributed by atoms with Crippen molar-refractivity contribution in [3.05, 3.63) is 57.4 Å². The number of hydrogen-bond acceptors (Lipinski definition) is 5. The fraction of sp³-hybridized carbons (Fsp3) is 0.409. The zero-order valence-corrected chi connectivity index (χ0v) is 18.6. The van der Waals surface area contributed by atoms with Gasteiger partial charge in [-0.05, 0) is 51.5 Å². The van der Waals surface area contributed by atoms with Gasteiger partial charge in [0.05, 0.1) is 19.3 Å². The van der Waals surface area contributed by atoms with Crippen LogP contribution >= 0.6 is 11.6 Å². The smallest absolute Gasteiger partial charge is 0.355 e. The molecule has 1 unspecified atom stereocenters. The second kappa shape index (κ2) is 10.4. The van der Waals surface area contributed by atoms with E-state index in [1.807, 2.05) is 0 Å². The molecule has 7 nitrogen and oxygen atoms in total. The number of benzene rings is 1. The SMILES string of the molecule is CCOC(=O)c1[nH]c(C)c(C(=O)C(C)N(CCOC)C(=O)c2cccc(Cl)c2)c1C. The van der Waals surface area contributed by atoms with Crippen molar-refractivity contribution >= 4 is 29.3 Å². The molecule has 1 aromatic carbocycles.